The Morgan fingerprint density at radius 1 is 1.25 bits per heavy atom. The minimum Gasteiger partial charge on any atom is -0.389 e. The number of rotatable bonds is 10. The fourth-order valence-electron chi connectivity index (χ4n) is 1.67. The van der Waals surface area contributed by atoms with Gasteiger partial charge in [0.05, 0.1) is 25.9 Å². The summed E-state index contributed by atoms with van der Waals surface area (Å²) in [6.07, 6.45) is -0.540. The minimum atomic E-state index is -0.540. The molecule has 2 N–H and O–H groups in total. The zero-order chi connectivity index (χ0) is 14.8. The molecule has 1 aromatic rings. The maximum Gasteiger partial charge on any atom is 0.0897 e. The largest absolute Gasteiger partial charge is 0.389 e. The topological polar surface area (TPSA) is 50.7 Å². The number of hydrogen-bond acceptors (Lipinski definition) is 4. The Morgan fingerprint density at radius 2 is 2.00 bits per heavy atom. The lowest BCUT2D eigenvalue weighted by Gasteiger charge is -2.17. The third-order valence-electron chi connectivity index (χ3n) is 2.80. The quantitative estimate of drug-likeness (QED) is 0.696. The second-order valence-corrected chi connectivity index (χ2v) is 5.14. The van der Waals surface area contributed by atoms with Gasteiger partial charge in [0.2, 0.25) is 0 Å². The smallest absolute Gasteiger partial charge is 0.0897 e. The molecule has 0 radical (unpaired) electrons. The zero-order valence-corrected chi connectivity index (χ0v) is 12.9. The molecule has 20 heavy (non-hydrogen) atoms. The summed E-state index contributed by atoms with van der Waals surface area (Å²) in [5.41, 5.74) is 0.930. The fourth-order valence-corrected chi connectivity index (χ4v) is 1.86. The van der Waals surface area contributed by atoms with Gasteiger partial charge in [0, 0.05) is 24.2 Å². The van der Waals surface area contributed by atoms with E-state index in [-0.39, 0.29) is 12.6 Å². The Kier molecular flexibility index (Phi) is 8.82. The minimum absolute atomic E-state index is 0.216. The average molecular weight is 302 g/mol. The summed E-state index contributed by atoms with van der Waals surface area (Å²) >= 11 is 6.02. The van der Waals surface area contributed by atoms with Crippen molar-refractivity contribution in [1.29, 1.82) is 0 Å². The van der Waals surface area contributed by atoms with E-state index >= 15 is 0 Å². The van der Waals surface area contributed by atoms with Crippen LogP contribution in [0.4, 0.5) is 0 Å². The lowest BCUT2D eigenvalue weighted by Crippen LogP contribution is -2.38. The van der Waals surface area contributed by atoms with Gasteiger partial charge in [-0.05, 0) is 25.5 Å². The Balaban J connectivity index is 2.14. The molecule has 2 atom stereocenters. The van der Waals surface area contributed by atoms with Crippen LogP contribution in [0, 0.1) is 0 Å². The van der Waals surface area contributed by atoms with E-state index in [4.69, 9.17) is 21.1 Å². The number of aliphatic hydroxyl groups is 1. The van der Waals surface area contributed by atoms with Crippen LogP contribution < -0.4 is 5.32 Å². The van der Waals surface area contributed by atoms with Crippen LogP contribution in [-0.2, 0) is 16.1 Å². The summed E-state index contributed by atoms with van der Waals surface area (Å²) in [7, 11) is 0. The number of aliphatic hydroxyl groups excluding tert-OH is 1. The summed E-state index contributed by atoms with van der Waals surface area (Å²) in [6.45, 7) is 6.50. The van der Waals surface area contributed by atoms with Crippen LogP contribution >= 0.6 is 11.6 Å². The molecule has 4 nitrogen and oxygen atoms in total. The highest BCUT2D eigenvalue weighted by Gasteiger charge is 2.08. The van der Waals surface area contributed by atoms with E-state index in [1.54, 1.807) is 0 Å². The molecule has 0 fully saturated rings. The van der Waals surface area contributed by atoms with Crippen molar-refractivity contribution in [3.63, 3.8) is 0 Å². The SMILES string of the molecule is CCOCC(C)NCC(O)COCc1ccccc1Cl. The van der Waals surface area contributed by atoms with Crippen LogP contribution in [0.3, 0.4) is 0 Å². The molecule has 0 aromatic heterocycles. The number of nitrogens with one attached hydrogen (secondary N) is 1. The Labute approximate surface area is 126 Å². The summed E-state index contributed by atoms with van der Waals surface area (Å²) in [4.78, 5) is 0. The van der Waals surface area contributed by atoms with Crippen molar-refractivity contribution in [2.75, 3.05) is 26.4 Å². The fraction of sp³-hybridized carbons (Fsp3) is 0.600. The molecule has 0 aliphatic rings. The van der Waals surface area contributed by atoms with Gasteiger partial charge in [0.1, 0.15) is 0 Å². The van der Waals surface area contributed by atoms with E-state index in [2.05, 4.69) is 5.32 Å². The summed E-state index contributed by atoms with van der Waals surface area (Å²) in [5, 5.41) is 13.7. The van der Waals surface area contributed by atoms with E-state index in [1.165, 1.54) is 0 Å². The Hall–Kier alpha value is -0.650. The highest BCUT2D eigenvalue weighted by atomic mass is 35.5. The molecule has 1 rings (SSSR count). The molecule has 0 spiro atoms. The summed E-state index contributed by atoms with van der Waals surface area (Å²) in [5.74, 6) is 0. The Bertz CT molecular complexity index is 376. The van der Waals surface area contributed by atoms with Crippen molar-refractivity contribution in [3.05, 3.63) is 34.9 Å². The highest BCUT2D eigenvalue weighted by Crippen LogP contribution is 2.15. The third-order valence-corrected chi connectivity index (χ3v) is 3.17. The maximum absolute atomic E-state index is 9.81. The van der Waals surface area contributed by atoms with E-state index in [1.807, 2.05) is 38.1 Å². The van der Waals surface area contributed by atoms with Gasteiger partial charge in [0.15, 0.2) is 0 Å². The van der Waals surface area contributed by atoms with E-state index in [9.17, 15) is 5.11 Å². The molecule has 114 valence electrons. The van der Waals surface area contributed by atoms with Gasteiger partial charge < -0.3 is 19.9 Å². The molecule has 0 saturated carbocycles. The molecular formula is C15H24ClNO3. The van der Waals surface area contributed by atoms with Gasteiger partial charge in [-0.25, -0.2) is 0 Å². The van der Waals surface area contributed by atoms with Gasteiger partial charge in [-0.15, -0.1) is 0 Å². The lowest BCUT2D eigenvalue weighted by molar-refractivity contribution is 0.0257. The molecule has 2 unspecified atom stereocenters. The van der Waals surface area contributed by atoms with Crippen LogP contribution in [-0.4, -0.2) is 43.6 Å². The number of benzene rings is 1. The maximum atomic E-state index is 9.81. The third kappa shape index (κ3) is 7.22. The van der Waals surface area contributed by atoms with Gasteiger partial charge in [-0.1, -0.05) is 29.8 Å². The molecule has 0 aliphatic heterocycles. The first-order valence-electron chi connectivity index (χ1n) is 6.93. The monoisotopic (exact) mass is 301 g/mol. The highest BCUT2D eigenvalue weighted by molar-refractivity contribution is 6.31. The second-order valence-electron chi connectivity index (χ2n) is 4.73. The van der Waals surface area contributed by atoms with Crippen LogP contribution in [0.1, 0.15) is 19.4 Å². The van der Waals surface area contributed by atoms with Crippen molar-refractivity contribution in [3.8, 4) is 0 Å². The first-order chi connectivity index (χ1) is 9.63. The average Bonchev–Trinajstić information content (AvgIpc) is 2.45. The predicted molar refractivity (Wildman–Crippen MR) is 81.1 cm³/mol. The molecule has 5 heteroatoms. The van der Waals surface area contributed by atoms with E-state index in [0.29, 0.717) is 31.4 Å². The molecule has 0 aliphatic carbocycles. The summed E-state index contributed by atoms with van der Waals surface area (Å²) in [6, 6.07) is 7.75. The first kappa shape index (κ1) is 17.4. The number of hydrogen-bond donors (Lipinski definition) is 2. The first-order valence-corrected chi connectivity index (χ1v) is 7.31. The lowest BCUT2D eigenvalue weighted by atomic mass is 10.2. The molecule has 0 saturated heterocycles. The zero-order valence-electron chi connectivity index (χ0n) is 12.1. The second kappa shape index (κ2) is 10.1. The van der Waals surface area contributed by atoms with Gasteiger partial charge in [-0.3, -0.25) is 0 Å². The Morgan fingerprint density at radius 3 is 2.70 bits per heavy atom. The van der Waals surface area contributed by atoms with Crippen molar-refractivity contribution in [2.24, 2.45) is 0 Å². The van der Waals surface area contributed by atoms with Gasteiger partial charge in [-0.2, -0.15) is 0 Å². The molecular weight excluding hydrogens is 278 g/mol. The van der Waals surface area contributed by atoms with Crippen molar-refractivity contribution >= 4 is 11.6 Å². The van der Waals surface area contributed by atoms with Crippen LogP contribution in [0.2, 0.25) is 5.02 Å². The summed E-state index contributed by atoms with van der Waals surface area (Å²) < 4.78 is 10.8. The normalized spacial score (nSPS) is 14.2. The molecule has 0 amide bonds. The van der Waals surface area contributed by atoms with Crippen molar-refractivity contribution in [1.82, 2.24) is 5.32 Å². The van der Waals surface area contributed by atoms with Crippen LogP contribution in [0.15, 0.2) is 24.3 Å². The standard InChI is InChI=1S/C15H24ClNO3/c1-3-19-9-12(2)17-8-14(18)11-20-10-13-6-4-5-7-15(13)16/h4-7,12,14,17-18H,3,8-11H2,1-2H3. The van der Waals surface area contributed by atoms with E-state index < -0.39 is 6.10 Å². The molecule has 0 heterocycles. The van der Waals surface area contributed by atoms with Crippen molar-refractivity contribution < 1.29 is 14.6 Å². The van der Waals surface area contributed by atoms with E-state index in [0.717, 1.165) is 5.56 Å². The molecule has 1 aromatic carbocycles. The van der Waals surface area contributed by atoms with Crippen LogP contribution in [0.5, 0.6) is 0 Å². The predicted octanol–water partition coefficient (Wildman–Crippen LogP) is 2.23. The van der Waals surface area contributed by atoms with Gasteiger partial charge in [0.25, 0.3) is 0 Å². The molecule has 0 bridgehead atoms. The van der Waals surface area contributed by atoms with Crippen molar-refractivity contribution in [2.45, 2.75) is 32.6 Å². The number of ether oxygens (including phenoxy) is 2. The van der Waals surface area contributed by atoms with Gasteiger partial charge >= 0.3 is 0 Å². The number of halogens is 1. The van der Waals surface area contributed by atoms with Crippen LogP contribution in [0.25, 0.3) is 0 Å².